The Bertz CT molecular complexity index is 964. The van der Waals surface area contributed by atoms with Gasteiger partial charge in [-0.05, 0) is 32.9 Å². The maximum atomic E-state index is 12.5. The number of imidazole rings is 1. The molecule has 3 rings (SSSR count). The summed E-state index contributed by atoms with van der Waals surface area (Å²) in [6.07, 6.45) is 3.15. The number of hydrogen-bond donors (Lipinski definition) is 2. The van der Waals surface area contributed by atoms with Gasteiger partial charge in [0, 0.05) is 43.1 Å². The van der Waals surface area contributed by atoms with E-state index in [1.165, 1.54) is 0 Å². The van der Waals surface area contributed by atoms with Crippen LogP contribution in [0.5, 0.6) is 0 Å². The van der Waals surface area contributed by atoms with Crippen molar-refractivity contribution < 1.29 is 4.79 Å². The van der Waals surface area contributed by atoms with E-state index in [2.05, 4.69) is 77.6 Å². The first-order valence-electron chi connectivity index (χ1n) is 13.2. The van der Waals surface area contributed by atoms with E-state index in [9.17, 15) is 4.79 Å². The van der Waals surface area contributed by atoms with E-state index in [4.69, 9.17) is 4.98 Å². The predicted octanol–water partition coefficient (Wildman–Crippen LogP) is 6.38. The maximum Gasteiger partial charge on any atom is 0.317 e. The molecule has 0 saturated carbocycles. The summed E-state index contributed by atoms with van der Waals surface area (Å²) in [4.78, 5) is 25.2. The lowest BCUT2D eigenvalue weighted by Gasteiger charge is -2.25. The zero-order chi connectivity index (χ0) is 25.6. The highest BCUT2D eigenvalue weighted by molar-refractivity contribution is 7.99. The molecule has 0 spiro atoms. The first kappa shape index (κ1) is 27.8. The number of thioether (sulfide) groups is 1. The molecule has 2 amide bonds. The molecule has 0 unspecified atom stereocenters. The van der Waals surface area contributed by atoms with Crippen LogP contribution in [-0.4, -0.2) is 70.8 Å². The number of hydrogen-bond acceptors (Lipinski definition) is 4. The molecule has 0 aliphatic rings. The molecule has 0 bridgehead atoms. The molecule has 6 nitrogen and oxygen atoms in total. The number of unbranched alkanes of at least 4 members (excludes halogenated alkanes) is 2. The van der Waals surface area contributed by atoms with Gasteiger partial charge in [0.25, 0.3) is 0 Å². The van der Waals surface area contributed by atoms with Gasteiger partial charge in [0.2, 0.25) is 0 Å². The molecule has 36 heavy (non-hydrogen) atoms. The summed E-state index contributed by atoms with van der Waals surface area (Å²) in [6, 6.07) is 20.8. The Morgan fingerprint density at radius 2 is 1.53 bits per heavy atom. The average Bonchev–Trinajstić information content (AvgIpc) is 3.36. The van der Waals surface area contributed by atoms with Gasteiger partial charge in [-0.3, -0.25) is 0 Å². The third-order valence-electron chi connectivity index (χ3n) is 6.38. The molecule has 3 aromatic rings. The Labute approximate surface area is 220 Å². The zero-order valence-electron chi connectivity index (χ0n) is 22.0. The number of carbonyl (C=O) groups is 1. The topological polar surface area (TPSA) is 64.3 Å². The second-order valence-corrected chi connectivity index (χ2v) is 9.83. The van der Waals surface area contributed by atoms with Gasteiger partial charge in [-0.1, -0.05) is 92.7 Å². The number of aromatic amines is 1. The van der Waals surface area contributed by atoms with E-state index in [-0.39, 0.29) is 6.03 Å². The Morgan fingerprint density at radius 1 is 0.861 bits per heavy atom. The monoisotopic (exact) mass is 507 g/mol. The van der Waals surface area contributed by atoms with Crippen molar-refractivity contribution in [3.05, 3.63) is 60.7 Å². The van der Waals surface area contributed by atoms with Gasteiger partial charge in [-0.2, -0.15) is 0 Å². The molecule has 0 saturated heterocycles. The van der Waals surface area contributed by atoms with Crippen molar-refractivity contribution in [2.45, 2.75) is 45.2 Å². The quantitative estimate of drug-likeness (QED) is 0.185. The normalized spacial score (nSPS) is 11.1. The van der Waals surface area contributed by atoms with E-state index < -0.39 is 0 Å². The number of H-pyrrole nitrogens is 1. The molecule has 194 valence electrons. The van der Waals surface area contributed by atoms with Gasteiger partial charge in [0.15, 0.2) is 5.16 Å². The third kappa shape index (κ3) is 8.42. The third-order valence-corrected chi connectivity index (χ3v) is 7.34. The minimum Gasteiger partial charge on any atom is -0.338 e. The Kier molecular flexibility index (Phi) is 11.9. The van der Waals surface area contributed by atoms with Crippen LogP contribution in [-0.2, 0) is 0 Å². The Morgan fingerprint density at radius 3 is 2.17 bits per heavy atom. The summed E-state index contributed by atoms with van der Waals surface area (Å²) in [5, 5.41) is 4.04. The lowest BCUT2D eigenvalue weighted by atomic mass is 10.1. The molecule has 0 fully saturated rings. The molecule has 1 aromatic heterocycles. The van der Waals surface area contributed by atoms with Gasteiger partial charge < -0.3 is 20.1 Å². The molecule has 0 aliphatic carbocycles. The van der Waals surface area contributed by atoms with E-state index >= 15 is 0 Å². The van der Waals surface area contributed by atoms with E-state index in [1.807, 2.05) is 24.0 Å². The van der Waals surface area contributed by atoms with Crippen molar-refractivity contribution in [2.75, 3.05) is 45.0 Å². The molecule has 1 heterocycles. The fourth-order valence-electron chi connectivity index (χ4n) is 4.12. The summed E-state index contributed by atoms with van der Waals surface area (Å²) in [7, 11) is 0. The molecule has 7 heteroatoms. The fourth-order valence-corrected chi connectivity index (χ4v) is 5.00. The number of rotatable bonds is 15. The maximum absolute atomic E-state index is 12.5. The van der Waals surface area contributed by atoms with Gasteiger partial charge >= 0.3 is 6.03 Å². The van der Waals surface area contributed by atoms with Crippen molar-refractivity contribution in [3.8, 4) is 22.5 Å². The van der Waals surface area contributed by atoms with Crippen LogP contribution in [0.1, 0.15) is 40.0 Å². The van der Waals surface area contributed by atoms with E-state index in [0.29, 0.717) is 0 Å². The van der Waals surface area contributed by atoms with Crippen LogP contribution in [0.3, 0.4) is 0 Å². The summed E-state index contributed by atoms with van der Waals surface area (Å²) in [6.45, 7) is 11.6. The lowest BCUT2D eigenvalue weighted by molar-refractivity contribution is 0.188. The van der Waals surface area contributed by atoms with Crippen molar-refractivity contribution >= 4 is 17.8 Å². The predicted molar refractivity (Wildman–Crippen MR) is 152 cm³/mol. The molecular weight excluding hydrogens is 466 g/mol. The second kappa shape index (κ2) is 15.4. The number of nitrogens with zero attached hydrogens (tertiary/aromatic N) is 3. The van der Waals surface area contributed by atoms with Crippen molar-refractivity contribution in [3.63, 3.8) is 0 Å². The standard InChI is InChI=1S/C29H41N5OS/c1-4-33(5-2)21-22-34(6-3)29(35)30-20-14-9-15-23-36-28-31-26(24-16-10-7-11-17-24)27(32-28)25-18-12-8-13-19-25/h7-8,10-13,16-19H,4-6,9,14-15,20-23H2,1-3H3,(H,30,35)(H,31,32). The molecule has 2 aromatic carbocycles. The zero-order valence-corrected chi connectivity index (χ0v) is 22.8. The molecule has 0 atom stereocenters. The highest BCUT2D eigenvalue weighted by Crippen LogP contribution is 2.32. The van der Waals surface area contributed by atoms with Gasteiger partial charge in [-0.15, -0.1) is 0 Å². The first-order valence-corrected chi connectivity index (χ1v) is 14.2. The lowest BCUT2D eigenvalue weighted by Crippen LogP contribution is -2.44. The van der Waals surface area contributed by atoms with Crippen LogP contribution in [0.4, 0.5) is 4.79 Å². The average molecular weight is 508 g/mol. The van der Waals surface area contributed by atoms with Crippen LogP contribution in [0.15, 0.2) is 65.8 Å². The van der Waals surface area contributed by atoms with Crippen molar-refractivity contribution in [1.29, 1.82) is 0 Å². The number of carbonyl (C=O) groups excluding carboxylic acids is 1. The van der Waals surface area contributed by atoms with Crippen LogP contribution >= 0.6 is 11.8 Å². The Balaban J connectivity index is 1.42. The number of benzene rings is 2. The Hall–Kier alpha value is -2.77. The number of likely N-dealkylation sites (N-methyl/N-ethyl adjacent to an activating group) is 2. The first-order chi connectivity index (χ1) is 17.7. The summed E-state index contributed by atoms with van der Waals surface area (Å²) >= 11 is 1.76. The minimum absolute atomic E-state index is 0.0523. The minimum atomic E-state index is 0.0523. The summed E-state index contributed by atoms with van der Waals surface area (Å²) in [5.41, 5.74) is 4.32. The summed E-state index contributed by atoms with van der Waals surface area (Å²) in [5.74, 6) is 0.995. The van der Waals surface area contributed by atoms with Crippen molar-refractivity contribution in [2.24, 2.45) is 0 Å². The number of amides is 2. The number of urea groups is 1. The number of nitrogens with one attached hydrogen (secondary N) is 2. The largest absolute Gasteiger partial charge is 0.338 e. The smallest absolute Gasteiger partial charge is 0.317 e. The molecular formula is C29H41N5OS. The van der Waals surface area contributed by atoms with E-state index in [0.717, 1.165) is 92.0 Å². The van der Waals surface area contributed by atoms with Gasteiger partial charge in [0.1, 0.15) is 0 Å². The number of aromatic nitrogens is 2. The van der Waals surface area contributed by atoms with Crippen LogP contribution in [0.25, 0.3) is 22.5 Å². The highest BCUT2D eigenvalue weighted by Gasteiger charge is 2.14. The molecule has 0 radical (unpaired) electrons. The SMILES string of the molecule is CCN(CC)CCN(CC)C(=O)NCCCCCSc1nc(-c2ccccc2)c(-c2ccccc2)[nH]1. The molecule has 0 aliphatic heterocycles. The van der Waals surface area contributed by atoms with Crippen LogP contribution in [0.2, 0.25) is 0 Å². The highest BCUT2D eigenvalue weighted by atomic mass is 32.2. The van der Waals surface area contributed by atoms with Crippen molar-refractivity contribution in [1.82, 2.24) is 25.1 Å². The van der Waals surface area contributed by atoms with E-state index in [1.54, 1.807) is 11.8 Å². The van der Waals surface area contributed by atoms with Gasteiger partial charge in [0.05, 0.1) is 11.4 Å². The van der Waals surface area contributed by atoms with Crippen LogP contribution in [0, 0.1) is 0 Å². The summed E-state index contributed by atoms with van der Waals surface area (Å²) < 4.78 is 0. The molecule has 2 N–H and O–H groups in total. The van der Waals surface area contributed by atoms with Gasteiger partial charge in [-0.25, -0.2) is 9.78 Å². The van der Waals surface area contributed by atoms with Crippen LogP contribution < -0.4 is 5.32 Å². The second-order valence-electron chi connectivity index (χ2n) is 8.75. The fraction of sp³-hybridized carbons (Fsp3) is 0.448.